The fourth-order valence-electron chi connectivity index (χ4n) is 5.23. The third-order valence-electron chi connectivity index (χ3n) is 7.36. The molecule has 1 saturated carbocycles. The molecule has 11 heteroatoms. The Morgan fingerprint density at radius 1 is 1.31 bits per heavy atom. The molecular formula is C25H36N4O7. The molecular weight excluding hydrogens is 468 g/mol. The number of anilines is 1. The number of likely N-dealkylation sites (tertiary alicyclic amines) is 1. The minimum absolute atomic E-state index is 0.0721. The Morgan fingerprint density at radius 3 is 2.81 bits per heavy atom. The Labute approximate surface area is 210 Å². The molecule has 36 heavy (non-hydrogen) atoms. The number of aryl methyl sites for hydroxylation is 2. The zero-order valence-electron chi connectivity index (χ0n) is 20.7. The molecule has 0 unspecified atom stereocenters. The highest BCUT2D eigenvalue weighted by atomic mass is 16.8. The number of ether oxygens (including phenoxy) is 1. The SMILES string of the molecule is CC(=O)N1CC[C@H](OC(=O)ON(C2CC(CCc3ccc4c(n3)NCCC4)C2)[C@@H](CCO)C(=O)O)C1. The molecule has 0 radical (unpaired) electrons. The normalized spacial score (nSPS) is 23.9. The lowest BCUT2D eigenvalue weighted by molar-refractivity contribution is -0.215. The minimum atomic E-state index is -1.17. The van der Waals surface area contributed by atoms with Crippen LogP contribution in [0.1, 0.15) is 56.7 Å². The van der Waals surface area contributed by atoms with Crippen molar-refractivity contribution in [3.63, 3.8) is 0 Å². The topological polar surface area (TPSA) is 142 Å². The highest BCUT2D eigenvalue weighted by Gasteiger charge is 2.42. The predicted octanol–water partition coefficient (Wildman–Crippen LogP) is 1.98. The van der Waals surface area contributed by atoms with Crippen LogP contribution in [0.15, 0.2) is 12.1 Å². The van der Waals surface area contributed by atoms with Gasteiger partial charge in [0.2, 0.25) is 5.91 Å². The zero-order chi connectivity index (χ0) is 25.7. The summed E-state index contributed by atoms with van der Waals surface area (Å²) >= 11 is 0. The van der Waals surface area contributed by atoms with Crippen molar-refractivity contribution in [2.45, 2.75) is 76.5 Å². The Balaban J connectivity index is 1.31. The monoisotopic (exact) mass is 504 g/mol. The number of nitrogens with one attached hydrogen (secondary N) is 1. The number of pyridine rings is 1. The maximum atomic E-state index is 12.5. The molecule has 0 spiro atoms. The van der Waals surface area contributed by atoms with Gasteiger partial charge < -0.3 is 30.0 Å². The fraction of sp³-hybridized carbons (Fsp3) is 0.680. The van der Waals surface area contributed by atoms with E-state index in [1.165, 1.54) is 17.6 Å². The molecule has 1 aromatic rings. The van der Waals surface area contributed by atoms with Crippen LogP contribution >= 0.6 is 0 Å². The number of aliphatic hydroxyl groups excluding tert-OH is 1. The van der Waals surface area contributed by atoms with E-state index in [0.29, 0.717) is 38.3 Å². The Kier molecular flexibility index (Phi) is 8.63. The van der Waals surface area contributed by atoms with Gasteiger partial charge in [-0.05, 0) is 62.5 Å². The van der Waals surface area contributed by atoms with Crippen LogP contribution in [-0.2, 0) is 32.0 Å². The average Bonchev–Trinajstić information content (AvgIpc) is 3.29. The number of hydroxylamine groups is 2. The van der Waals surface area contributed by atoms with Crippen molar-refractivity contribution in [3.8, 4) is 0 Å². The average molecular weight is 505 g/mol. The Morgan fingerprint density at radius 2 is 2.11 bits per heavy atom. The number of carbonyl (C=O) groups excluding carboxylic acids is 2. The van der Waals surface area contributed by atoms with Gasteiger partial charge in [0.25, 0.3) is 0 Å². The van der Waals surface area contributed by atoms with Crippen LogP contribution < -0.4 is 5.32 Å². The van der Waals surface area contributed by atoms with Crippen LogP contribution in [0.2, 0.25) is 0 Å². The van der Waals surface area contributed by atoms with Gasteiger partial charge in [-0.2, -0.15) is 0 Å². The standard InChI is InChI=1S/C25H36N4O7/c1-16(31)28-11-8-21(15-28)35-25(34)36-29(22(9-12-30)24(32)33)20-13-17(14-20)4-6-19-7-5-18-3-2-10-26-23(18)27-19/h5,7,17,20-22,30H,2-4,6,8-15H2,1H3,(H,26,27)(H,32,33)/t17?,20?,21-,22-/m0/s1. The molecule has 0 bridgehead atoms. The van der Waals surface area contributed by atoms with Gasteiger partial charge >= 0.3 is 12.1 Å². The van der Waals surface area contributed by atoms with Gasteiger partial charge in [-0.15, -0.1) is 5.06 Å². The summed E-state index contributed by atoms with van der Waals surface area (Å²) in [7, 11) is 0. The van der Waals surface area contributed by atoms with Crippen LogP contribution in [0.3, 0.4) is 0 Å². The lowest BCUT2D eigenvalue weighted by Gasteiger charge is -2.43. The summed E-state index contributed by atoms with van der Waals surface area (Å²) in [5.74, 6) is 0.0674. The van der Waals surface area contributed by atoms with Crippen LogP contribution in [0.25, 0.3) is 0 Å². The highest BCUT2D eigenvalue weighted by molar-refractivity contribution is 5.74. The number of nitrogens with zero attached hydrogens (tertiary/aromatic N) is 3. The van der Waals surface area contributed by atoms with Crippen molar-refractivity contribution >= 4 is 23.8 Å². The molecule has 11 nitrogen and oxygen atoms in total. The van der Waals surface area contributed by atoms with E-state index in [1.807, 2.05) is 0 Å². The van der Waals surface area contributed by atoms with Crippen LogP contribution in [0, 0.1) is 5.92 Å². The van der Waals surface area contributed by atoms with Crippen molar-refractivity contribution in [1.29, 1.82) is 0 Å². The molecule has 3 heterocycles. The maximum Gasteiger partial charge on any atom is 0.528 e. The smallest absolute Gasteiger partial charge is 0.480 e. The first-order chi connectivity index (χ1) is 17.3. The summed E-state index contributed by atoms with van der Waals surface area (Å²) in [4.78, 5) is 47.7. The van der Waals surface area contributed by atoms with Gasteiger partial charge in [-0.1, -0.05) is 6.07 Å². The third-order valence-corrected chi connectivity index (χ3v) is 7.36. The number of carboxylic acids is 1. The molecule has 2 atom stereocenters. The molecule has 1 saturated heterocycles. The number of fused-ring (bicyclic) bond motifs is 1. The molecule has 3 aliphatic rings. The van der Waals surface area contributed by atoms with E-state index in [9.17, 15) is 24.6 Å². The third kappa shape index (κ3) is 6.44. The number of carbonyl (C=O) groups is 3. The van der Waals surface area contributed by atoms with E-state index in [1.54, 1.807) is 4.90 Å². The van der Waals surface area contributed by atoms with E-state index >= 15 is 0 Å². The van der Waals surface area contributed by atoms with Gasteiger partial charge in [-0.3, -0.25) is 9.59 Å². The Hall–Kier alpha value is -2.92. The molecule has 1 amide bonds. The summed E-state index contributed by atoms with van der Waals surface area (Å²) in [5.41, 5.74) is 2.28. The van der Waals surface area contributed by atoms with E-state index in [2.05, 4.69) is 17.4 Å². The minimum Gasteiger partial charge on any atom is -0.480 e. The number of aliphatic hydroxyl groups is 1. The molecule has 4 rings (SSSR count). The van der Waals surface area contributed by atoms with Crippen molar-refractivity contribution < 1.29 is 34.2 Å². The zero-order valence-corrected chi connectivity index (χ0v) is 20.7. The van der Waals surface area contributed by atoms with Gasteiger partial charge in [0.1, 0.15) is 18.0 Å². The maximum absolute atomic E-state index is 12.5. The molecule has 1 aliphatic carbocycles. The number of carboxylic acid groups (broad SMARTS) is 1. The number of rotatable bonds is 10. The second kappa shape index (κ2) is 11.9. The van der Waals surface area contributed by atoms with E-state index < -0.39 is 24.3 Å². The van der Waals surface area contributed by atoms with Crippen molar-refractivity contribution in [1.82, 2.24) is 14.9 Å². The van der Waals surface area contributed by atoms with Crippen LogP contribution in [0.4, 0.5) is 10.6 Å². The van der Waals surface area contributed by atoms with Gasteiger partial charge in [0.05, 0.1) is 6.54 Å². The number of aliphatic carboxylic acids is 1. The molecule has 1 aromatic heterocycles. The van der Waals surface area contributed by atoms with Crippen LogP contribution in [0.5, 0.6) is 0 Å². The number of amides is 1. The van der Waals surface area contributed by atoms with Crippen molar-refractivity contribution in [3.05, 3.63) is 23.4 Å². The lowest BCUT2D eigenvalue weighted by atomic mass is 9.76. The Bertz CT molecular complexity index is 952. The highest BCUT2D eigenvalue weighted by Crippen LogP contribution is 2.37. The fourth-order valence-corrected chi connectivity index (χ4v) is 5.23. The summed E-state index contributed by atoms with van der Waals surface area (Å²) < 4.78 is 5.36. The summed E-state index contributed by atoms with van der Waals surface area (Å²) in [5, 5.41) is 23.6. The first-order valence-electron chi connectivity index (χ1n) is 12.8. The van der Waals surface area contributed by atoms with Gasteiger partial charge in [0, 0.05) is 44.8 Å². The predicted molar refractivity (Wildman–Crippen MR) is 129 cm³/mol. The first kappa shape index (κ1) is 26.2. The van der Waals surface area contributed by atoms with Gasteiger partial charge in [0.15, 0.2) is 0 Å². The van der Waals surface area contributed by atoms with Crippen molar-refractivity contribution in [2.75, 3.05) is 31.6 Å². The van der Waals surface area contributed by atoms with E-state index in [4.69, 9.17) is 14.6 Å². The second-order valence-corrected chi connectivity index (χ2v) is 9.93. The second-order valence-electron chi connectivity index (χ2n) is 9.93. The van der Waals surface area contributed by atoms with Gasteiger partial charge in [-0.25, -0.2) is 9.78 Å². The largest absolute Gasteiger partial charge is 0.528 e. The lowest BCUT2D eigenvalue weighted by Crippen LogP contribution is -2.53. The summed E-state index contributed by atoms with van der Waals surface area (Å²) in [6.07, 6.45) is 4.20. The quantitative estimate of drug-likeness (QED) is 0.320. The molecule has 2 fully saturated rings. The number of hydrogen-bond donors (Lipinski definition) is 3. The molecule has 3 N–H and O–H groups in total. The van der Waals surface area contributed by atoms with Crippen molar-refractivity contribution in [2.24, 2.45) is 5.92 Å². The first-order valence-corrected chi connectivity index (χ1v) is 12.8. The van der Waals surface area contributed by atoms with Crippen LogP contribution in [-0.4, -0.2) is 87.6 Å². The molecule has 2 aliphatic heterocycles. The number of hydrogen-bond acceptors (Lipinski definition) is 9. The number of aromatic nitrogens is 1. The van der Waals surface area contributed by atoms with E-state index in [-0.39, 0.29) is 25.0 Å². The summed E-state index contributed by atoms with van der Waals surface area (Å²) in [6.45, 7) is 2.84. The molecule has 0 aromatic carbocycles. The van der Waals surface area contributed by atoms with E-state index in [0.717, 1.165) is 43.7 Å². The summed E-state index contributed by atoms with van der Waals surface area (Å²) in [6, 6.07) is 2.77. The molecule has 198 valence electrons.